The number of hydrogen-bond acceptors (Lipinski definition) is 7. The molecule has 0 aliphatic heterocycles. The van der Waals surface area contributed by atoms with Crippen LogP contribution < -0.4 is 16.3 Å². The van der Waals surface area contributed by atoms with Gasteiger partial charge in [0.1, 0.15) is 0 Å². The van der Waals surface area contributed by atoms with Gasteiger partial charge >= 0.3 is 0 Å². The van der Waals surface area contributed by atoms with Gasteiger partial charge in [0.05, 0.1) is 13.2 Å². The maximum absolute atomic E-state index is 8.72. The number of aromatic nitrogens is 1. The Morgan fingerprint density at radius 1 is 1.30 bits per heavy atom. The minimum absolute atomic E-state index is 0.105. The molecule has 0 bridgehead atoms. The van der Waals surface area contributed by atoms with E-state index in [4.69, 9.17) is 16.7 Å². The van der Waals surface area contributed by atoms with Crippen LogP contribution in [-0.2, 0) is 6.54 Å². The van der Waals surface area contributed by atoms with Gasteiger partial charge in [0.25, 0.3) is 0 Å². The molecular weight excluding hydrogens is 312 g/mol. The predicted molar refractivity (Wildman–Crippen MR) is 92.1 cm³/mol. The second-order valence-electron chi connectivity index (χ2n) is 4.69. The normalized spacial score (nSPS) is 11.5. The Balaban J connectivity index is 1.94. The Bertz CT molecular complexity index is 620. The van der Waals surface area contributed by atoms with E-state index in [0.29, 0.717) is 18.9 Å². The Hall–Kier alpha value is -2.13. The molecule has 0 saturated carbocycles. The summed E-state index contributed by atoms with van der Waals surface area (Å²) in [4.78, 5) is 5.05. The number of hydrazine groups is 1. The highest BCUT2D eigenvalue weighted by atomic mass is 32.2. The van der Waals surface area contributed by atoms with E-state index in [0.717, 1.165) is 16.0 Å². The summed E-state index contributed by atoms with van der Waals surface area (Å²) in [5.74, 6) is 6.20. The first kappa shape index (κ1) is 17.2. The summed E-state index contributed by atoms with van der Waals surface area (Å²) in [7, 11) is 0. The number of aliphatic hydroxyl groups is 1. The fourth-order valence-electron chi connectivity index (χ4n) is 1.78. The van der Waals surface area contributed by atoms with Crippen molar-refractivity contribution in [3.05, 3.63) is 59.9 Å². The number of amidine groups is 1. The number of nitrogens with one attached hydrogen (secondary N) is 1. The number of pyridine rings is 1. The minimum Gasteiger partial charge on any atom is -0.395 e. The van der Waals surface area contributed by atoms with Crippen LogP contribution in [0.1, 0.15) is 11.1 Å². The van der Waals surface area contributed by atoms with E-state index < -0.39 is 0 Å². The molecule has 0 aliphatic carbocycles. The number of nitrogens with two attached hydrogens (primary N) is 2. The van der Waals surface area contributed by atoms with Gasteiger partial charge in [-0.3, -0.25) is 9.71 Å². The van der Waals surface area contributed by atoms with E-state index in [1.807, 2.05) is 36.4 Å². The molecule has 8 heteroatoms. The van der Waals surface area contributed by atoms with Crippen molar-refractivity contribution in [1.82, 2.24) is 14.8 Å². The molecule has 1 aromatic heterocycles. The molecule has 7 nitrogen and oxygen atoms in total. The van der Waals surface area contributed by atoms with Gasteiger partial charge in [-0.1, -0.05) is 18.2 Å². The molecule has 0 radical (unpaired) electrons. The number of rotatable bonds is 8. The van der Waals surface area contributed by atoms with Crippen molar-refractivity contribution in [3.63, 3.8) is 0 Å². The second-order valence-corrected chi connectivity index (χ2v) is 5.65. The van der Waals surface area contributed by atoms with Gasteiger partial charge in [0.15, 0.2) is 5.84 Å². The van der Waals surface area contributed by atoms with Crippen molar-refractivity contribution in [2.75, 3.05) is 13.2 Å². The Morgan fingerprint density at radius 2 is 2.09 bits per heavy atom. The maximum atomic E-state index is 8.72. The SMILES string of the molecule is N/C(=N\N(N)Cc1cccnc1)c1ccc(SNCCO)cc1. The third-order valence-corrected chi connectivity index (χ3v) is 3.71. The van der Waals surface area contributed by atoms with Crippen molar-refractivity contribution < 1.29 is 5.11 Å². The molecule has 0 spiro atoms. The fourth-order valence-corrected chi connectivity index (χ4v) is 2.42. The molecule has 0 amide bonds. The summed E-state index contributed by atoms with van der Waals surface area (Å²) in [6.45, 7) is 1.06. The lowest BCUT2D eigenvalue weighted by molar-refractivity contribution is 0.290. The molecule has 0 unspecified atom stereocenters. The zero-order valence-corrected chi connectivity index (χ0v) is 13.4. The van der Waals surface area contributed by atoms with Gasteiger partial charge in [-0.15, -0.1) is 5.10 Å². The molecule has 6 N–H and O–H groups in total. The van der Waals surface area contributed by atoms with Crippen LogP contribution in [0.15, 0.2) is 58.8 Å². The van der Waals surface area contributed by atoms with Crippen LogP contribution in [-0.4, -0.2) is 34.2 Å². The summed E-state index contributed by atoms with van der Waals surface area (Å²) >= 11 is 1.45. The molecule has 1 heterocycles. The Morgan fingerprint density at radius 3 is 2.74 bits per heavy atom. The van der Waals surface area contributed by atoms with Gasteiger partial charge < -0.3 is 10.8 Å². The van der Waals surface area contributed by atoms with Crippen molar-refractivity contribution in [2.45, 2.75) is 11.4 Å². The average molecular weight is 332 g/mol. The highest BCUT2D eigenvalue weighted by Crippen LogP contribution is 2.15. The summed E-state index contributed by atoms with van der Waals surface area (Å²) in [5, 5.41) is 14.2. The number of hydrogen-bond donors (Lipinski definition) is 4. The molecule has 0 atom stereocenters. The smallest absolute Gasteiger partial charge is 0.152 e. The van der Waals surface area contributed by atoms with Crippen molar-refractivity contribution in [2.24, 2.45) is 16.7 Å². The highest BCUT2D eigenvalue weighted by molar-refractivity contribution is 7.97. The Kier molecular flexibility index (Phi) is 6.82. The van der Waals surface area contributed by atoms with E-state index in [9.17, 15) is 0 Å². The third kappa shape index (κ3) is 5.87. The number of nitrogens with zero attached hydrogens (tertiary/aromatic N) is 3. The van der Waals surface area contributed by atoms with E-state index in [2.05, 4.69) is 14.8 Å². The van der Waals surface area contributed by atoms with Gasteiger partial charge in [-0.25, -0.2) is 11.0 Å². The van der Waals surface area contributed by atoms with Crippen LogP contribution in [0, 0.1) is 0 Å². The van der Waals surface area contributed by atoms with Gasteiger partial charge in [0, 0.05) is 29.4 Å². The second kappa shape index (κ2) is 9.11. The number of aliphatic hydroxyl groups excluding tert-OH is 1. The molecule has 122 valence electrons. The zero-order valence-electron chi connectivity index (χ0n) is 12.6. The van der Waals surface area contributed by atoms with Crippen molar-refractivity contribution >= 4 is 17.8 Å². The molecule has 23 heavy (non-hydrogen) atoms. The monoisotopic (exact) mass is 332 g/mol. The van der Waals surface area contributed by atoms with Crippen LogP contribution in [0.3, 0.4) is 0 Å². The summed E-state index contributed by atoms with van der Waals surface area (Å²) < 4.78 is 3.03. The largest absolute Gasteiger partial charge is 0.395 e. The highest BCUT2D eigenvalue weighted by Gasteiger charge is 2.03. The van der Waals surface area contributed by atoms with Gasteiger partial charge in [-0.2, -0.15) is 0 Å². The quantitative estimate of drug-likeness (QED) is 0.140. The van der Waals surface area contributed by atoms with E-state index in [1.165, 1.54) is 17.1 Å². The molecule has 0 saturated heterocycles. The van der Waals surface area contributed by atoms with Crippen LogP contribution in [0.25, 0.3) is 0 Å². The standard InChI is InChI=1S/C15H20N6OS/c16-15(20-21(17)11-12-2-1-7-18-10-12)13-3-5-14(6-4-13)23-19-8-9-22/h1-7,10,19,22H,8-9,11,17H2,(H2,16,20). The molecule has 2 aromatic rings. The lowest BCUT2D eigenvalue weighted by atomic mass is 10.2. The predicted octanol–water partition coefficient (Wildman–Crippen LogP) is 0.667. The topological polar surface area (TPSA) is 113 Å². The molecule has 0 aliphatic rings. The first-order chi connectivity index (χ1) is 11.2. The van der Waals surface area contributed by atoms with Crippen LogP contribution in [0.2, 0.25) is 0 Å². The lowest BCUT2D eigenvalue weighted by Gasteiger charge is -2.13. The average Bonchev–Trinajstić information content (AvgIpc) is 2.56. The van der Waals surface area contributed by atoms with Crippen molar-refractivity contribution in [1.29, 1.82) is 0 Å². The van der Waals surface area contributed by atoms with E-state index >= 15 is 0 Å². The molecule has 0 fully saturated rings. The Labute approximate surface area is 139 Å². The van der Waals surface area contributed by atoms with Crippen LogP contribution >= 0.6 is 11.9 Å². The van der Waals surface area contributed by atoms with Crippen molar-refractivity contribution in [3.8, 4) is 0 Å². The number of hydrazone groups is 1. The summed E-state index contributed by atoms with van der Waals surface area (Å²) in [6.07, 6.45) is 3.44. The zero-order chi connectivity index (χ0) is 16.5. The van der Waals surface area contributed by atoms with Crippen LogP contribution in [0.4, 0.5) is 0 Å². The van der Waals surface area contributed by atoms with E-state index in [-0.39, 0.29) is 6.61 Å². The molecule has 2 rings (SSSR count). The lowest BCUT2D eigenvalue weighted by Crippen LogP contribution is -2.29. The first-order valence-corrected chi connectivity index (χ1v) is 7.87. The molecular formula is C15H20N6OS. The van der Waals surface area contributed by atoms with Gasteiger partial charge in [0.2, 0.25) is 0 Å². The van der Waals surface area contributed by atoms with Gasteiger partial charge in [-0.05, 0) is 35.7 Å². The number of benzene rings is 1. The fraction of sp³-hybridized carbons (Fsp3) is 0.200. The van der Waals surface area contributed by atoms with E-state index in [1.54, 1.807) is 12.4 Å². The van der Waals surface area contributed by atoms with Crippen LogP contribution in [0.5, 0.6) is 0 Å². The summed E-state index contributed by atoms with van der Waals surface area (Å²) in [5.41, 5.74) is 7.72. The molecule has 1 aromatic carbocycles. The third-order valence-electron chi connectivity index (χ3n) is 2.86. The maximum Gasteiger partial charge on any atom is 0.152 e. The first-order valence-electron chi connectivity index (χ1n) is 7.05. The minimum atomic E-state index is 0.105. The summed E-state index contributed by atoms with van der Waals surface area (Å²) in [6, 6.07) is 11.4.